The van der Waals surface area contributed by atoms with Crippen LogP contribution < -0.4 is 5.46 Å². The van der Waals surface area contributed by atoms with Crippen molar-refractivity contribution in [3.8, 4) is 5.69 Å². The van der Waals surface area contributed by atoms with Crippen molar-refractivity contribution in [1.82, 2.24) is 4.57 Å². The summed E-state index contributed by atoms with van der Waals surface area (Å²) in [5, 5.41) is 22.7. The maximum atomic E-state index is 10.1. The zero-order valence-corrected chi connectivity index (χ0v) is 19.0. The van der Waals surface area contributed by atoms with Crippen LogP contribution in [0.25, 0.3) is 27.5 Å². The van der Waals surface area contributed by atoms with E-state index in [1.807, 2.05) is 12.1 Å². The van der Waals surface area contributed by atoms with Crippen LogP contribution in [0.15, 0.2) is 109 Å². The summed E-state index contributed by atoms with van der Waals surface area (Å²) in [4.78, 5) is 0. The smallest absolute Gasteiger partial charge is 0.423 e. The topological polar surface area (TPSA) is 45.4 Å². The van der Waals surface area contributed by atoms with Crippen LogP contribution in [0.4, 0.5) is 0 Å². The van der Waals surface area contributed by atoms with Crippen LogP contribution in [0.3, 0.4) is 0 Å². The number of rotatable bonds is 1. The van der Waals surface area contributed by atoms with Gasteiger partial charge < -0.3 is 14.6 Å². The molecule has 166 valence electrons. The van der Waals surface area contributed by atoms with E-state index in [-0.39, 0.29) is 11.3 Å². The molecule has 1 aliphatic heterocycles. The van der Waals surface area contributed by atoms with Crippen LogP contribution in [-0.4, -0.2) is 21.7 Å². The van der Waals surface area contributed by atoms with Crippen molar-refractivity contribution in [2.45, 2.75) is 11.3 Å². The summed E-state index contributed by atoms with van der Waals surface area (Å²) < 4.78 is 2.34. The van der Waals surface area contributed by atoms with E-state index in [0.29, 0.717) is 11.4 Å². The second-order valence-corrected chi connectivity index (χ2v) is 9.92. The van der Waals surface area contributed by atoms with Gasteiger partial charge in [0.1, 0.15) is 0 Å². The molecule has 0 radical (unpaired) electrons. The number of allylic oxidation sites excluding steroid dienone is 4. The lowest BCUT2D eigenvalue weighted by molar-refractivity contribution is 0.425. The summed E-state index contributed by atoms with van der Waals surface area (Å²) in [7, 11) is -1.52. The molecule has 3 unspecified atom stereocenters. The first kappa shape index (κ1) is 19.5. The van der Waals surface area contributed by atoms with Crippen LogP contribution in [-0.2, 0) is 5.41 Å². The molecule has 0 amide bonds. The van der Waals surface area contributed by atoms with Gasteiger partial charge in [-0.05, 0) is 39.8 Å². The first-order valence-corrected chi connectivity index (χ1v) is 12.2. The summed E-state index contributed by atoms with van der Waals surface area (Å²) in [6, 6.07) is 30.1. The molecule has 8 rings (SSSR count). The predicted octanol–water partition coefficient (Wildman–Crippen LogP) is 4.95. The summed E-state index contributed by atoms with van der Waals surface area (Å²) in [5.74, 6) is 0.518. The fraction of sp³-hybridized carbons (Fsp3) is 0.0968. The van der Waals surface area contributed by atoms with Gasteiger partial charge in [-0.1, -0.05) is 97.1 Å². The molecule has 4 heteroatoms. The molecule has 2 heterocycles. The van der Waals surface area contributed by atoms with Crippen molar-refractivity contribution in [2.24, 2.45) is 5.92 Å². The highest BCUT2D eigenvalue weighted by Crippen LogP contribution is 2.63. The minimum Gasteiger partial charge on any atom is -0.423 e. The predicted molar refractivity (Wildman–Crippen MR) is 141 cm³/mol. The van der Waals surface area contributed by atoms with Crippen molar-refractivity contribution in [1.29, 1.82) is 0 Å². The zero-order valence-electron chi connectivity index (χ0n) is 19.0. The molecule has 1 spiro atoms. The lowest BCUT2D eigenvalue weighted by Gasteiger charge is -2.43. The van der Waals surface area contributed by atoms with E-state index in [4.69, 9.17) is 0 Å². The lowest BCUT2D eigenvalue weighted by Crippen LogP contribution is -2.40. The third kappa shape index (κ3) is 2.20. The normalized spacial score (nSPS) is 23.0. The van der Waals surface area contributed by atoms with Gasteiger partial charge in [0, 0.05) is 22.6 Å². The minimum absolute atomic E-state index is 0.228. The maximum absolute atomic E-state index is 10.1. The molecular formula is C31H22BNO2. The molecule has 3 atom stereocenters. The number of para-hydroxylation sites is 2. The fourth-order valence-corrected chi connectivity index (χ4v) is 7.25. The number of hydrogen-bond donors (Lipinski definition) is 2. The van der Waals surface area contributed by atoms with Crippen LogP contribution in [0, 0.1) is 5.92 Å². The molecule has 3 nitrogen and oxygen atoms in total. The Bertz CT molecular complexity index is 1760. The van der Waals surface area contributed by atoms with Crippen molar-refractivity contribution in [2.75, 3.05) is 0 Å². The number of nitrogens with zero attached hydrogens (tertiary/aromatic N) is 1. The highest BCUT2D eigenvalue weighted by Gasteiger charge is 2.56. The van der Waals surface area contributed by atoms with Gasteiger partial charge in [0.15, 0.2) is 0 Å². The zero-order chi connectivity index (χ0) is 23.3. The Balaban J connectivity index is 1.63. The second-order valence-electron chi connectivity index (χ2n) is 9.92. The first-order valence-electron chi connectivity index (χ1n) is 12.2. The third-order valence-corrected chi connectivity index (χ3v) is 8.48. The van der Waals surface area contributed by atoms with E-state index in [1.165, 1.54) is 38.5 Å². The van der Waals surface area contributed by atoms with E-state index >= 15 is 0 Å². The molecule has 35 heavy (non-hydrogen) atoms. The Morgan fingerprint density at radius 3 is 2.40 bits per heavy atom. The van der Waals surface area contributed by atoms with E-state index < -0.39 is 7.12 Å². The molecule has 0 fully saturated rings. The Hall–Kier alpha value is -3.86. The SMILES string of the molecule is OB(O)c1ccc2c(c1)-n1c3ccccc3c3cccc(c31)C21c2ccccc2C2C=CC=CC21. The molecule has 0 bridgehead atoms. The van der Waals surface area contributed by atoms with Gasteiger partial charge in [-0.3, -0.25) is 0 Å². The van der Waals surface area contributed by atoms with Gasteiger partial charge in [0.25, 0.3) is 0 Å². The van der Waals surface area contributed by atoms with E-state index in [1.54, 1.807) is 0 Å². The quantitative estimate of drug-likeness (QED) is 0.355. The Kier molecular flexibility index (Phi) is 3.68. The highest BCUT2D eigenvalue weighted by molar-refractivity contribution is 6.58. The molecule has 3 aliphatic rings. The summed E-state index contributed by atoms with van der Waals surface area (Å²) >= 11 is 0. The molecule has 0 saturated carbocycles. The van der Waals surface area contributed by atoms with Crippen LogP contribution in [0.2, 0.25) is 0 Å². The number of aromatic nitrogens is 1. The highest BCUT2D eigenvalue weighted by atomic mass is 16.4. The Morgan fingerprint density at radius 2 is 1.49 bits per heavy atom. The number of fused-ring (bicyclic) bond motifs is 12. The number of benzene rings is 4. The van der Waals surface area contributed by atoms with E-state index in [2.05, 4.69) is 102 Å². The monoisotopic (exact) mass is 451 g/mol. The van der Waals surface area contributed by atoms with Gasteiger partial charge in [0.2, 0.25) is 0 Å². The van der Waals surface area contributed by atoms with Gasteiger partial charge >= 0.3 is 7.12 Å². The third-order valence-electron chi connectivity index (χ3n) is 8.48. The van der Waals surface area contributed by atoms with Gasteiger partial charge in [0.05, 0.1) is 22.1 Å². The maximum Gasteiger partial charge on any atom is 0.488 e. The molecule has 4 aromatic carbocycles. The van der Waals surface area contributed by atoms with Gasteiger partial charge in [-0.25, -0.2) is 0 Å². The number of hydrogen-bond acceptors (Lipinski definition) is 2. The molecule has 2 N–H and O–H groups in total. The Labute approximate surface area is 203 Å². The summed E-state index contributed by atoms with van der Waals surface area (Å²) in [6.45, 7) is 0. The molecule has 0 saturated heterocycles. The van der Waals surface area contributed by atoms with E-state index in [0.717, 1.165) is 11.2 Å². The van der Waals surface area contributed by atoms with Crippen LogP contribution >= 0.6 is 0 Å². The van der Waals surface area contributed by atoms with Crippen molar-refractivity contribution in [3.63, 3.8) is 0 Å². The van der Waals surface area contributed by atoms with Gasteiger partial charge in [-0.15, -0.1) is 0 Å². The molecular weight excluding hydrogens is 429 g/mol. The van der Waals surface area contributed by atoms with Crippen LogP contribution in [0.1, 0.15) is 28.2 Å². The molecule has 5 aromatic rings. The van der Waals surface area contributed by atoms with E-state index in [9.17, 15) is 10.0 Å². The second kappa shape index (κ2) is 6.63. The summed E-state index contributed by atoms with van der Waals surface area (Å²) in [5.41, 5.74) is 8.75. The fourth-order valence-electron chi connectivity index (χ4n) is 7.25. The minimum atomic E-state index is -1.52. The average molecular weight is 451 g/mol. The molecule has 2 aliphatic carbocycles. The van der Waals surface area contributed by atoms with Crippen molar-refractivity contribution < 1.29 is 10.0 Å². The van der Waals surface area contributed by atoms with Crippen molar-refractivity contribution in [3.05, 3.63) is 131 Å². The molecule has 1 aromatic heterocycles. The largest absolute Gasteiger partial charge is 0.488 e. The average Bonchev–Trinajstić information content (AvgIpc) is 3.39. The summed E-state index contributed by atoms with van der Waals surface area (Å²) in [6.07, 6.45) is 9.07. The first-order chi connectivity index (χ1) is 17.2. The lowest BCUT2D eigenvalue weighted by atomic mass is 9.61. The van der Waals surface area contributed by atoms with Crippen molar-refractivity contribution >= 4 is 34.4 Å². The Morgan fingerprint density at radius 1 is 0.714 bits per heavy atom. The van der Waals surface area contributed by atoms with Gasteiger partial charge in [-0.2, -0.15) is 0 Å². The standard InChI is InChI=1S/C31H22BNO2/c34-32(35)19-16-17-26-29(18-19)33-28-15-6-3-10-22(28)23-11-7-14-27(30(23)33)31(26)24-12-4-1-8-20(24)21-9-2-5-13-25(21)31/h1-18,20,24,34-35H. The van der Waals surface area contributed by atoms with Crippen LogP contribution in [0.5, 0.6) is 0 Å².